The van der Waals surface area contributed by atoms with E-state index in [0.717, 1.165) is 0 Å². The fraction of sp³-hybridized carbons (Fsp3) is 0.167. The van der Waals surface area contributed by atoms with E-state index in [1.807, 2.05) is 0 Å². The van der Waals surface area contributed by atoms with Crippen molar-refractivity contribution in [2.75, 3.05) is 0 Å². The molecule has 0 fully saturated rings. The van der Waals surface area contributed by atoms with Crippen LogP contribution in [-0.4, -0.2) is 0 Å². The SMILES string of the molecule is CC1(C)c2ccc3c(-c4ccc5c6c7c(ccc46)C(C)(C)c4ccc(-c6cccc8ccccc68)c6ccc(c-7c46)C5(C)C)ccc4c3c2-c2c(ccc3c(-c5cccc6ccccc56)ccc1c23)C4(C)C. The minimum atomic E-state index is -0.213. The van der Waals surface area contributed by atoms with Crippen LogP contribution in [0, 0.1) is 0 Å². The first-order valence-electron chi connectivity index (χ1n) is 26.2. The summed E-state index contributed by atoms with van der Waals surface area (Å²) in [6.07, 6.45) is 0. The first-order chi connectivity index (χ1) is 34.8. The Hall–Kier alpha value is -7.80. The maximum Gasteiger partial charge on any atom is 0.0159 e. The second-order valence-corrected chi connectivity index (χ2v) is 23.8. The Morgan fingerprint density at radius 3 is 0.722 bits per heavy atom. The van der Waals surface area contributed by atoms with Crippen LogP contribution in [0.3, 0.4) is 0 Å². The van der Waals surface area contributed by atoms with Gasteiger partial charge in [0, 0.05) is 21.7 Å². The van der Waals surface area contributed by atoms with Gasteiger partial charge in [-0.1, -0.05) is 237 Å². The van der Waals surface area contributed by atoms with Crippen molar-refractivity contribution < 1.29 is 0 Å². The van der Waals surface area contributed by atoms with E-state index in [1.54, 1.807) is 0 Å². The van der Waals surface area contributed by atoms with Gasteiger partial charge in [-0.3, -0.25) is 0 Å². The van der Waals surface area contributed by atoms with Crippen LogP contribution in [0.25, 0.3) is 120 Å². The summed E-state index contributed by atoms with van der Waals surface area (Å²) in [5, 5.41) is 16.3. The first-order valence-corrected chi connectivity index (χ1v) is 26.2. The van der Waals surface area contributed by atoms with Crippen molar-refractivity contribution in [3.63, 3.8) is 0 Å². The average molecular weight is 919 g/mol. The van der Waals surface area contributed by atoms with E-state index in [1.165, 1.54) is 165 Å². The molecule has 0 saturated heterocycles. The molecule has 342 valence electrons. The highest BCUT2D eigenvalue weighted by atomic mass is 14.5. The predicted octanol–water partition coefficient (Wildman–Crippen LogP) is 19.5. The highest BCUT2D eigenvalue weighted by Crippen LogP contribution is 2.63. The van der Waals surface area contributed by atoms with Gasteiger partial charge in [0.05, 0.1) is 0 Å². The van der Waals surface area contributed by atoms with Crippen molar-refractivity contribution in [2.45, 2.75) is 77.0 Å². The van der Waals surface area contributed by atoms with Gasteiger partial charge >= 0.3 is 0 Å². The maximum absolute atomic E-state index is 2.50. The van der Waals surface area contributed by atoms with Crippen molar-refractivity contribution >= 4 is 64.6 Å². The second kappa shape index (κ2) is 13.2. The zero-order valence-electron chi connectivity index (χ0n) is 42.3. The Bertz CT molecular complexity index is 4240. The van der Waals surface area contributed by atoms with Gasteiger partial charge in [-0.15, -0.1) is 0 Å². The summed E-state index contributed by atoms with van der Waals surface area (Å²) >= 11 is 0. The van der Waals surface area contributed by atoms with E-state index in [0.29, 0.717) is 0 Å². The standard InChI is InChI=1S/C72H54/c1-69(2)53-31-23-45(43-21-13-17-39-15-9-11-19-41(39)43)49-27-35-57-65(61(49)53)67-59(69)37-29-51-47(25-33-55(63(51)67)71(57,5)6)48-26-34-56-64-52(48)30-38-60-68(64)66-58(72(56,7)8)36-28-50-46(24-32-54(62(50)66)70(60,3)4)44-22-14-18-40-16-10-12-20-42(40)44/h9-38H,1-8H3. The smallest absolute Gasteiger partial charge is 0.0159 e. The molecule has 0 heterocycles. The third-order valence-electron chi connectivity index (χ3n) is 19.1. The Balaban J connectivity index is 0.975. The Labute approximate surface area is 421 Å². The molecule has 4 aliphatic carbocycles. The monoisotopic (exact) mass is 918 g/mol. The molecule has 0 aromatic heterocycles. The Kier molecular flexibility index (Phi) is 7.48. The molecule has 0 spiro atoms. The Morgan fingerprint density at radius 2 is 0.431 bits per heavy atom. The molecule has 0 bridgehead atoms. The van der Waals surface area contributed by atoms with Gasteiger partial charge in [0.2, 0.25) is 0 Å². The number of fused-ring (bicyclic) bond motifs is 2. The number of hydrogen-bond acceptors (Lipinski definition) is 0. The Morgan fingerprint density at radius 1 is 0.194 bits per heavy atom. The van der Waals surface area contributed by atoms with E-state index in [-0.39, 0.29) is 21.7 Å². The number of rotatable bonds is 3. The van der Waals surface area contributed by atoms with Crippen LogP contribution in [0.15, 0.2) is 182 Å². The first kappa shape index (κ1) is 40.9. The summed E-state index contributed by atoms with van der Waals surface area (Å²) in [4.78, 5) is 0. The van der Waals surface area contributed by atoms with Crippen molar-refractivity contribution in [3.05, 3.63) is 226 Å². The molecule has 0 amide bonds. The van der Waals surface area contributed by atoms with E-state index in [4.69, 9.17) is 0 Å². The average Bonchev–Trinajstić information content (AvgIpc) is 3.39. The predicted molar refractivity (Wildman–Crippen MR) is 307 cm³/mol. The van der Waals surface area contributed by atoms with Gasteiger partial charge in [-0.25, -0.2) is 0 Å². The van der Waals surface area contributed by atoms with Gasteiger partial charge in [-0.2, -0.15) is 0 Å². The molecular formula is C72H54. The van der Waals surface area contributed by atoms with Crippen molar-refractivity contribution in [2.24, 2.45) is 0 Å². The lowest BCUT2D eigenvalue weighted by atomic mass is 9.59. The molecule has 0 aliphatic heterocycles. The highest BCUT2D eigenvalue weighted by molar-refractivity contribution is 6.24. The minimum absolute atomic E-state index is 0.204. The molecule has 0 heteroatoms. The molecule has 0 saturated carbocycles. The van der Waals surface area contributed by atoms with Gasteiger partial charge < -0.3 is 0 Å². The molecular weight excluding hydrogens is 865 g/mol. The summed E-state index contributed by atoms with van der Waals surface area (Å²) < 4.78 is 0. The lowest BCUT2D eigenvalue weighted by Crippen LogP contribution is -2.30. The minimum Gasteiger partial charge on any atom is -0.0616 e. The zero-order chi connectivity index (χ0) is 48.5. The normalized spacial score (nSPS) is 16.5. The van der Waals surface area contributed by atoms with Crippen LogP contribution in [-0.2, 0) is 21.7 Å². The summed E-state index contributed by atoms with van der Waals surface area (Å²) in [5.41, 5.74) is 24.2. The molecule has 0 N–H and O–H groups in total. The molecule has 12 aromatic rings. The van der Waals surface area contributed by atoms with Crippen LogP contribution in [0.2, 0.25) is 0 Å². The van der Waals surface area contributed by atoms with Gasteiger partial charge in [0.15, 0.2) is 0 Å². The molecule has 12 aromatic carbocycles. The molecule has 0 unspecified atom stereocenters. The van der Waals surface area contributed by atoms with Crippen LogP contribution in [0.1, 0.15) is 99.9 Å². The third kappa shape index (κ3) is 4.72. The van der Waals surface area contributed by atoms with Gasteiger partial charge in [0.1, 0.15) is 0 Å². The fourth-order valence-corrected chi connectivity index (χ4v) is 15.4. The van der Waals surface area contributed by atoms with Crippen LogP contribution < -0.4 is 0 Å². The largest absolute Gasteiger partial charge is 0.0616 e. The quantitative estimate of drug-likeness (QED) is 0.166. The highest BCUT2D eigenvalue weighted by Gasteiger charge is 2.45. The molecule has 72 heavy (non-hydrogen) atoms. The maximum atomic E-state index is 2.50. The summed E-state index contributed by atoms with van der Waals surface area (Å²) in [6, 6.07) is 70.8. The van der Waals surface area contributed by atoms with E-state index >= 15 is 0 Å². The summed E-state index contributed by atoms with van der Waals surface area (Å²) in [7, 11) is 0. The lowest BCUT2D eigenvalue weighted by Gasteiger charge is -2.44. The van der Waals surface area contributed by atoms with E-state index in [2.05, 4.69) is 237 Å². The van der Waals surface area contributed by atoms with E-state index < -0.39 is 0 Å². The topological polar surface area (TPSA) is 0 Å². The molecule has 4 aliphatic rings. The van der Waals surface area contributed by atoms with Gasteiger partial charge in [-0.05, 0) is 165 Å². The summed E-state index contributed by atoms with van der Waals surface area (Å²) in [5.74, 6) is 0. The van der Waals surface area contributed by atoms with Crippen LogP contribution in [0.4, 0.5) is 0 Å². The van der Waals surface area contributed by atoms with Crippen LogP contribution in [0.5, 0.6) is 0 Å². The molecule has 0 nitrogen and oxygen atoms in total. The van der Waals surface area contributed by atoms with Gasteiger partial charge in [0.25, 0.3) is 0 Å². The van der Waals surface area contributed by atoms with Crippen molar-refractivity contribution in [3.8, 4) is 55.6 Å². The molecule has 0 radical (unpaired) electrons. The molecule has 0 atom stereocenters. The zero-order valence-corrected chi connectivity index (χ0v) is 42.3. The van der Waals surface area contributed by atoms with Crippen LogP contribution >= 0.6 is 0 Å². The summed E-state index contributed by atoms with van der Waals surface area (Å²) in [6.45, 7) is 19.7. The second-order valence-electron chi connectivity index (χ2n) is 23.8. The lowest BCUT2D eigenvalue weighted by molar-refractivity contribution is 0.627. The third-order valence-corrected chi connectivity index (χ3v) is 19.1. The van der Waals surface area contributed by atoms with Crippen molar-refractivity contribution in [1.82, 2.24) is 0 Å². The van der Waals surface area contributed by atoms with Crippen molar-refractivity contribution in [1.29, 1.82) is 0 Å². The number of hydrogen-bond donors (Lipinski definition) is 0. The number of benzene rings is 12. The fourth-order valence-electron chi connectivity index (χ4n) is 15.4. The van der Waals surface area contributed by atoms with E-state index in [9.17, 15) is 0 Å². The molecule has 16 rings (SSSR count).